The molecule has 0 amide bonds. The standard InChI is InChI=1S/C15H30N2O/c1-11(2)15(6-7-16-9-15)10-17-12-8-13(18-5)14(12,3)4/h11-13,16-17H,6-10H2,1-5H3. The van der Waals surface area contributed by atoms with Crippen LogP contribution in [0.25, 0.3) is 0 Å². The molecule has 0 bridgehead atoms. The monoisotopic (exact) mass is 254 g/mol. The van der Waals surface area contributed by atoms with Crippen LogP contribution in [0, 0.1) is 16.7 Å². The summed E-state index contributed by atoms with van der Waals surface area (Å²) in [5.74, 6) is 0.737. The molecule has 2 fully saturated rings. The predicted molar refractivity (Wildman–Crippen MR) is 75.7 cm³/mol. The summed E-state index contributed by atoms with van der Waals surface area (Å²) in [6, 6.07) is 0.610. The van der Waals surface area contributed by atoms with Crippen LogP contribution in [0.15, 0.2) is 0 Å². The maximum atomic E-state index is 5.52. The Hall–Kier alpha value is -0.120. The van der Waals surface area contributed by atoms with E-state index in [1.165, 1.54) is 19.5 Å². The topological polar surface area (TPSA) is 33.3 Å². The molecule has 18 heavy (non-hydrogen) atoms. The normalized spacial score (nSPS) is 39.0. The van der Waals surface area contributed by atoms with E-state index in [2.05, 4.69) is 38.3 Å². The zero-order valence-corrected chi connectivity index (χ0v) is 12.7. The van der Waals surface area contributed by atoms with Gasteiger partial charge in [-0.3, -0.25) is 0 Å². The van der Waals surface area contributed by atoms with Gasteiger partial charge in [0.15, 0.2) is 0 Å². The molecule has 2 N–H and O–H groups in total. The summed E-state index contributed by atoms with van der Waals surface area (Å²) < 4.78 is 5.52. The second-order valence-corrected chi connectivity index (χ2v) is 7.16. The largest absolute Gasteiger partial charge is 0.381 e. The van der Waals surface area contributed by atoms with Crippen LogP contribution < -0.4 is 10.6 Å². The predicted octanol–water partition coefficient (Wildman–Crippen LogP) is 2.03. The van der Waals surface area contributed by atoms with Crippen molar-refractivity contribution in [3.8, 4) is 0 Å². The molecule has 2 rings (SSSR count). The summed E-state index contributed by atoms with van der Waals surface area (Å²) in [5.41, 5.74) is 0.729. The van der Waals surface area contributed by atoms with Crippen LogP contribution in [0.4, 0.5) is 0 Å². The molecule has 3 unspecified atom stereocenters. The Kier molecular flexibility index (Phi) is 4.05. The Bertz CT molecular complexity index is 282. The molecule has 0 aromatic heterocycles. The van der Waals surface area contributed by atoms with Crippen molar-refractivity contribution in [3.05, 3.63) is 0 Å². The molecule has 1 heterocycles. The van der Waals surface area contributed by atoms with Crippen LogP contribution in [0.3, 0.4) is 0 Å². The summed E-state index contributed by atoms with van der Waals surface area (Å²) >= 11 is 0. The third kappa shape index (κ3) is 2.33. The molecular formula is C15H30N2O. The van der Waals surface area contributed by atoms with E-state index in [-0.39, 0.29) is 5.41 Å². The quantitative estimate of drug-likeness (QED) is 0.787. The molecule has 1 saturated heterocycles. The van der Waals surface area contributed by atoms with Crippen molar-refractivity contribution in [1.29, 1.82) is 0 Å². The number of methoxy groups -OCH3 is 1. The molecule has 1 saturated carbocycles. The number of hydrogen-bond donors (Lipinski definition) is 2. The lowest BCUT2D eigenvalue weighted by Gasteiger charge is -2.52. The van der Waals surface area contributed by atoms with E-state index in [1.807, 2.05) is 7.11 Å². The highest BCUT2D eigenvalue weighted by atomic mass is 16.5. The molecule has 0 aromatic rings. The van der Waals surface area contributed by atoms with Crippen molar-refractivity contribution in [3.63, 3.8) is 0 Å². The van der Waals surface area contributed by atoms with Gasteiger partial charge in [-0.2, -0.15) is 0 Å². The summed E-state index contributed by atoms with van der Waals surface area (Å²) in [7, 11) is 1.83. The lowest BCUT2D eigenvalue weighted by atomic mass is 9.64. The van der Waals surface area contributed by atoms with Gasteiger partial charge in [0.05, 0.1) is 6.10 Å². The Morgan fingerprint density at radius 1 is 1.39 bits per heavy atom. The Morgan fingerprint density at radius 2 is 2.11 bits per heavy atom. The van der Waals surface area contributed by atoms with Gasteiger partial charge in [-0.05, 0) is 30.7 Å². The Labute approximate surface area is 112 Å². The van der Waals surface area contributed by atoms with E-state index in [0.29, 0.717) is 17.6 Å². The van der Waals surface area contributed by atoms with Crippen LogP contribution in [-0.2, 0) is 4.74 Å². The van der Waals surface area contributed by atoms with Gasteiger partial charge in [-0.15, -0.1) is 0 Å². The first-order chi connectivity index (χ1) is 8.42. The van der Waals surface area contributed by atoms with Crippen LogP contribution >= 0.6 is 0 Å². The van der Waals surface area contributed by atoms with Gasteiger partial charge in [0.1, 0.15) is 0 Å². The number of rotatable bonds is 5. The molecule has 3 nitrogen and oxygen atoms in total. The maximum Gasteiger partial charge on any atom is 0.0652 e. The van der Waals surface area contributed by atoms with Gasteiger partial charge in [-0.25, -0.2) is 0 Å². The smallest absolute Gasteiger partial charge is 0.0652 e. The summed E-state index contributed by atoms with van der Waals surface area (Å²) in [4.78, 5) is 0. The van der Waals surface area contributed by atoms with Crippen molar-refractivity contribution < 1.29 is 4.74 Å². The fraction of sp³-hybridized carbons (Fsp3) is 1.00. The molecule has 1 aliphatic heterocycles. The lowest BCUT2D eigenvalue weighted by Crippen LogP contribution is -2.62. The zero-order chi connectivity index (χ0) is 13.4. The second kappa shape index (κ2) is 5.10. The first kappa shape index (κ1) is 14.3. The van der Waals surface area contributed by atoms with Gasteiger partial charge in [-0.1, -0.05) is 27.7 Å². The third-order valence-corrected chi connectivity index (χ3v) is 5.66. The minimum Gasteiger partial charge on any atom is -0.381 e. The molecule has 3 atom stereocenters. The molecular weight excluding hydrogens is 224 g/mol. The molecule has 0 aromatic carbocycles. The second-order valence-electron chi connectivity index (χ2n) is 7.16. The van der Waals surface area contributed by atoms with Gasteiger partial charge in [0, 0.05) is 31.7 Å². The lowest BCUT2D eigenvalue weighted by molar-refractivity contribution is -0.0999. The molecule has 1 aliphatic carbocycles. The summed E-state index contributed by atoms with van der Waals surface area (Å²) in [6.45, 7) is 12.8. The van der Waals surface area contributed by atoms with Gasteiger partial charge < -0.3 is 15.4 Å². The van der Waals surface area contributed by atoms with E-state index in [0.717, 1.165) is 18.9 Å². The van der Waals surface area contributed by atoms with Crippen LogP contribution in [0.1, 0.15) is 40.5 Å². The first-order valence-corrected chi connectivity index (χ1v) is 7.39. The van der Waals surface area contributed by atoms with E-state index >= 15 is 0 Å². The van der Waals surface area contributed by atoms with Gasteiger partial charge in [0.2, 0.25) is 0 Å². The van der Waals surface area contributed by atoms with E-state index in [4.69, 9.17) is 4.74 Å². The van der Waals surface area contributed by atoms with Gasteiger partial charge >= 0.3 is 0 Å². The molecule has 2 aliphatic rings. The van der Waals surface area contributed by atoms with E-state index < -0.39 is 0 Å². The zero-order valence-electron chi connectivity index (χ0n) is 12.7. The highest BCUT2D eigenvalue weighted by Crippen LogP contribution is 2.43. The Morgan fingerprint density at radius 3 is 2.56 bits per heavy atom. The Balaban J connectivity index is 1.88. The van der Waals surface area contributed by atoms with Crippen molar-refractivity contribution in [2.75, 3.05) is 26.7 Å². The minimum absolute atomic E-state index is 0.277. The van der Waals surface area contributed by atoms with Crippen LogP contribution in [0.2, 0.25) is 0 Å². The fourth-order valence-electron chi connectivity index (χ4n) is 3.57. The summed E-state index contributed by atoms with van der Waals surface area (Å²) in [5, 5.41) is 7.35. The van der Waals surface area contributed by atoms with Gasteiger partial charge in [0.25, 0.3) is 0 Å². The first-order valence-electron chi connectivity index (χ1n) is 7.39. The third-order valence-electron chi connectivity index (χ3n) is 5.66. The maximum absolute atomic E-state index is 5.52. The molecule has 0 spiro atoms. The molecule has 0 radical (unpaired) electrons. The fourth-order valence-corrected chi connectivity index (χ4v) is 3.57. The summed E-state index contributed by atoms with van der Waals surface area (Å²) in [6.07, 6.45) is 2.88. The van der Waals surface area contributed by atoms with E-state index in [1.54, 1.807) is 0 Å². The van der Waals surface area contributed by atoms with Crippen LogP contribution in [0.5, 0.6) is 0 Å². The average Bonchev–Trinajstić information content (AvgIpc) is 2.78. The van der Waals surface area contributed by atoms with E-state index in [9.17, 15) is 0 Å². The van der Waals surface area contributed by atoms with Crippen molar-refractivity contribution in [2.24, 2.45) is 16.7 Å². The average molecular weight is 254 g/mol. The SMILES string of the molecule is COC1CC(NCC2(C(C)C)CCNC2)C1(C)C. The van der Waals surface area contributed by atoms with Crippen molar-refractivity contribution in [1.82, 2.24) is 10.6 Å². The molecule has 106 valence electrons. The highest BCUT2D eigenvalue weighted by molar-refractivity contribution is 5.04. The number of nitrogens with one attached hydrogen (secondary N) is 2. The van der Waals surface area contributed by atoms with Crippen molar-refractivity contribution >= 4 is 0 Å². The molecule has 3 heteroatoms. The number of ether oxygens (including phenoxy) is 1. The van der Waals surface area contributed by atoms with Crippen molar-refractivity contribution in [2.45, 2.75) is 52.7 Å². The number of hydrogen-bond acceptors (Lipinski definition) is 3. The van der Waals surface area contributed by atoms with Crippen LogP contribution in [-0.4, -0.2) is 38.9 Å². The minimum atomic E-state index is 0.277. The highest BCUT2D eigenvalue weighted by Gasteiger charge is 2.49.